The van der Waals surface area contributed by atoms with Crippen molar-refractivity contribution in [3.8, 4) is 0 Å². The van der Waals surface area contributed by atoms with Crippen LogP contribution >= 0.6 is 0 Å². The molecule has 3 unspecified atom stereocenters. The lowest BCUT2D eigenvalue weighted by molar-refractivity contribution is -0.139. The van der Waals surface area contributed by atoms with Gasteiger partial charge in [0.05, 0.1) is 0 Å². The van der Waals surface area contributed by atoms with Crippen LogP contribution in [0.4, 0.5) is 0 Å². The maximum Gasteiger partial charge on any atom is 0.140 e. The summed E-state index contributed by atoms with van der Waals surface area (Å²) >= 11 is 0. The van der Waals surface area contributed by atoms with Gasteiger partial charge < -0.3 is 0 Å². The summed E-state index contributed by atoms with van der Waals surface area (Å²) in [6.45, 7) is 7.18. The highest BCUT2D eigenvalue weighted by Gasteiger charge is 2.48. The van der Waals surface area contributed by atoms with Crippen LogP contribution in [0.25, 0.3) is 0 Å². The molecule has 2 saturated carbocycles. The van der Waals surface area contributed by atoms with E-state index in [1.54, 1.807) is 0 Å². The van der Waals surface area contributed by atoms with E-state index in [1.807, 2.05) is 0 Å². The molecule has 3 fully saturated rings. The summed E-state index contributed by atoms with van der Waals surface area (Å²) < 4.78 is 0. The number of hydrogen-bond acceptors (Lipinski definition) is 2. The highest BCUT2D eigenvalue weighted by molar-refractivity contribution is 5.85. The molecule has 0 aromatic heterocycles. The van der Waals surface area contributed by atoms with Crippen molar-refractivity contribution in [3.05, 3.63) is 0 Å². The largest absolute Gasteiger partial charge is 0.300 e. The molecule has 3 rings (SSSR count). The van der Waals surface area contributed by atoms with E-state index in [1.165, 1.54) is 32.4 Å². The quantitative estimate of drug-likeness (QED) is 0.696. The van der Waals surface area contributed by atoms with Gasteiger partial charge in [-0.15, -0.1) is 0 Å². The number of Topliss-reactive ketones (excluding diaryl/α,β-unsaturated/α-hetero) is 1. The topological polar surface area (TPSA) is 20.3 Å². The molecule has 2 heteroatoms. The van der Waals surface area contributed by atoms with Crippen molar-refractivity contribution in [3.63, 3.8) is 0 Å². The molecular weight excluding hydrogens is 210 g/mol. The number of ketones is 1. The summed E-state index contributed by atoms with van der Waals surface area (Å²) in [7, 11) is 0. The Morgan fingerprint density at radius 1 is 1.12 bits per heavy atom. The molecule has 1 aliphatic heterocycles. The molecule has 3 aliphatic rings. The Morgan fingerprint density at radius 3 is 2.53 bits per heavy atom. The molecule has 0 aromatic rings. The predicted molar refractivity (Wildman–Crippen MR) is 68.8 cm³/mol. The summed E-state index contributed by atoms with van der Waals surface area (Å²) in [5.74, 6) is 1.35. The second kappa shape index (κ2) is 4.08. The third-order valence-electron chi connectivity index (χ3n) is 5.22. The fraction of sp³-hybridized carbons (Fsp3) is 0.933. The zero-order valence-electron chi connectivity index (χ0n) is 11.2. The molecule has 2 aliphatic carbocycles. The number of likely N-dealkylation sites (tertiary alicyclic amines) is 1. The fourth-order valence-corrected chi connectivity index (χ4v) is 4.50. The Hall–Kier alpha value is -0.370. The Morgan fingerprint density at radius 2 is 1.82 bits per heavy atom. The van der Waals surface area contributed by atoms with Crippen molar-refractivity contribution in [2.75, 3.05) is 13.1 Å². The second-order valence-corrected chi connectivity index (χ2v) is 7.17. The minimum Gasteiger partial charge on any atom is -0.300 e. The first-order valence-electron chi connectivity index (χ1n) is 7.35. The molecule has 17 heavy (non-hydrogen) atoms. The summed E-state index contributed by atoms with van der Waals surface area (Å²) in [6.07, 6.45) is 7.37. The van der Waals surface area contributed by atoms with E-state index in [9.17, 15) is 4.79 Å². The van der Waals surface area contributed by atoms with E-state index in [-0.39, 0.29) is 0 Å². The average molecular weight is 235 g/mol. The van der Waals surface area contributed by atoms with Crippen LogP contribution in [0, 0.1) is 17.3 Å². The molecule has 1 heterocycles. The molecule has 3 atom stereocenters. The van der Waals surface area contributed by atoms with E-state index in [2.05, 4.69) is 18.7 Å². The van der Waals surface area contributed by atoms with Crippen LogP contribution in [-0.2, 0) is 4.79 Å². The highest BCUT2D eigenvalue weighted by atomic mass is 16.1. The number of fused-ring (bicyclic) bond motifs is 2. The van der Waals surface area contributed by atoms with Crippen LogP contribution in [0.2, 0.25) is 0 Å². The van der Waals surface area contributed by atoms with Gasteiger partial charge in [0.25, 0.3) is 0 Å². The van der Waals surface area contributed by atoms with Gasteiger partial charge in [0.2, 0.25) is 0 Å². The first-order valence-corrected chi connectivity index (χ1v) is 7.35. The molecule has 0 radical (unpaired) electrons. The lowest BCUT2D eigenvalue weighted by Crippen LogP contribution is -2.52. The molecule has 0 N–H and O–H groups in total. The summed E-state index contributed by atoms with van der Waals surface area (Å²) in [5.41, 5.74) is 0.391. The maximum absolute atomic E-state index is 12.4. The smallest absolute Gasteiger partial charge is 0.140 e. The molecule has 2 nitrogen and oxygen atoms in total. The van der Waals surface area contributed by atoms with E-state index in [0.717, 1.165) is 19.3 Å². The first-order chi connectivity index (χ1) is 8.07. The van der Waals surface area contributed by atoms with Crippen LogP contribution in [0.1, 0.15) is 52.4 Å². The van der Waals surface area contributed by atoms with E-state index >= 15 is 0 Å². The van der Waals surface area contributed by atoms with Gasteiger partial charge in [-0.3, -0.25) is 9.69 Å². The monoisotopic (exact) mass is 235 g/mol. The number of carbonyl (C=O) groups is 1. The summed E-state index contributed by atoms with van der Waals surface area (Å²) in [4.78, 5) is 15.0. The zero-order valence-corrected chi connectivity index (χ0v) is 11.2. The van der Waals surface area contributed by atoms with Crippen molar-refractivity contribution in [1.82, 2.24) is 4.90 Å². The molecule has 2 bridgehead atoms. The van der Waals surface area contributed by atoms with E-state index in [0.29, 0.717) is 29.1 Å². The van der Waals surface area contributed by atoms with Crippen molar-refractivity contribution in [2.24, 2.45) is 17.3 Å². The normalized spacial score (nSPS) is 41.8. The molecular formula is C15H25NO. The van der Waals surface area contributed by atoms with Crippen molar-refractivity contribution in [2.45, 2.75) is 58.4 Å². The molecule has 96 valence electrons. The number of hydrogen-bond donors (Lipinski definition) is 0. The lowest BCUT2D eigenvalue weighted by Gasteiger charge is -2.48. The third-order valence-corrected chi connectivity index (χ3v) is 5.22. The lowest BCUT2D eigenvalue weighted by atomic mass is 9.60. The van der Waals surface area contributed by atoms with Crippen LogP contribution in [0.15, 0.2) is 0 Å². The van der Waals surface area contributed by atoms with Gasteiger partial charge in [-0.25, -0.2) is 0 Å². The Labute approximate surface area is 105 Å². The number of carbonyl (C=O) groups excluding carboxylic acids is 1. The van der Waals surface area contributed by atoms with Crippen molar-refractivity contribution < 1.29 is 4.79 Å². The van der Waals surface area contributed by atoms with Gasteiger partial charge >= 0.3 is 0 Å². The van der Waals surface area contributed by atoms with Crippen LogP contribution < -0.4 is 0 Å². The van der Waals surface area contributed by atoms with Gasteiger partial charge in [0.15, 0.2) is 0 Å². The van der Waals surface area contributed by atoms with Gasteiger partial charge in [0.1, 0.15) is 5.78 Å². The van der Waals surface area contributed by atoms with Crippen molar-refractivity contribution in [1.29, 1.82) is 0 Å². The predicted octanol–water partition coefficient (Wildman–Crippen LogP) is 2.87. The average Bonchev–Trinajstić information content (AvgIpc) is 2.74. The van der Waals surface area contributed by atoms with Gasteiger partial charge in [-0.1, -0.05) is 13.8 Å². The second-order valence-electron chi connectivity index (χ2n) is 7.17. The van der Waals surface area contributed by atoms with Crippen LogP contribution in [0.3, 0.4) is 0 Å². The molecule has 1 saturated heterocycles. The Kier molecular flexibility index (Phi) is 2.81. The third kappa shape index (κ3) is 2.05. The number of nitrogens with zero attached hydrogens (tertiary/aromatic N) is 1. The minimum atomic E-state index is 0.357. The van der Waals surface area contributed by atoms with Crippen LogP contribution in [-0.4, -0.2) is 29.8 Å². The van der Waals surface area contributed by atoms with E-state index in [4.69, 9.17) is 0 Å². The highest BCUT2D eigenvalue weighted by Crippen LogP contribution is 2.47. The van der Waals surface area contributed by atoms with Gasteiger partial charge in [-0.05, 0) is 57.0 Å². The van der Waals surface area contributed by atoms with Crippen LogP contribution in [0.5, 0.6) is 0 Å². The molecule has 0 amide bonds. The Bertz CT molecular complexity index is 317. The maximum atomic E-state index is 12.4. The standard InChI is InChI=1S/C15H25NO/c1-15(2)9-11-5-6-13(12(10-15)14(11)17)16-7-3-4-8-16/h11-13H,3-10H2,1-2H3. The zero-order chi connectivity index (χ0) is 12.0. The Balaban J connectivity index is 1.80. The first kappa shape index (κ1) is 11.7. The van der Waals surface area contributed by atoms with Gasteiger partial charge in [0, 0.05) is 17.9 Å². The summed E-state index contributed by atoms with van der Waals surface area (Å²) in [6, 6.07) is 0.584. The fourth-order valence-electron chi connectivity index (χ4n) is 4.50. The van der Waals surface area contributed by atoms with Gasteiger partial charge in [-0.2, -0.15) is 0 Å². The minimum absolute atomic E-state index is 0.357. The molecule has 0 spiro atoms. The number of rotatable bonds is 1. The SMILES string of the molecule is CC1(C)CC2CCC(N3CCCC3)C(C1)C2=O. The van der Waals surface area contributed by atoms with E-state index < -0.39 is 0 Å². The summed E-state index contributed by atoms with van der Waals surface area (Å²) in [5, 5.41) is 0. The molecule has 0 aromatic carbocycles. The van der Waals surface area contributed by atoms with Crippen molar-refractivity contribution >= 4 is 5.78 Å².